The van der Waals surface area contributed by atoms with Gasteiger partial charge in [0.2, 0.25) is 0 Å². The van der Waals surface area contributed by atoms with Crippen LogP contribution in [0.15, 0.2) is 24.3 Å². The summed E-state index contributed by atoms with van der Waals surface area (Å²) >= 11 is 0. The first-order valence-corrected chi connectivity index (χ1v) is 6.12. The number of hydrogen-bond acceptors (Lipinski definition) is 0. The second-order valence-electron chi connectivity index (χ2n) is 4.62. The molecule has 0 heteroatoms. The van der Waals surface area contributed by atoms with E-state index in [1.807, 2.05) is 0 Å². The van der Waals surface area contributed by atoms with Gasteiger partial charge in [0.15, 0.2) is 0 Å². The lowest BCUT2D eigenvalue weighted by atomic mass is 9.93. The SMILES string of the molecule is C1CCCCC1.C=C1CCC(=C)CC1. The zero-order valence-electron chi connectivity index (χ0n) is 9.49. The van der Waals surface area contributed by atoms with Crippen molar-refractivity contribution < 1.29 is 0 Å². The van der Waals surface area contributed by atoms with Gasteiger partial charge in [0.1, 0.15) is 0 Å². The second kappa shape index (κ2) is 6.86. The molecule has 0 spiro atoms. The zero-order valence-corrected chi connectivity index (χ0v) is 9.49. The summed E-state index contributed by atoms with van der Waals surface area (Å²) in [4.78, 5) is 0. The summed E-state index contributed by atoms with van der Waals surface area (Å²) in [6.07, 6.45) is 13.7. The molecule has 0 bridgehead atoms. The Morgan fingerprint density at radius 2 is 0.714 bits per heavy atom. The van der Waals surface area contributed by atoms with Gasteiger partial charge in [-0.1, -0.05) is 62.8 Å². The van der Waals surface area contributed by atoms with Gasteiger partial charge >= 0.3 is 0 Å². The van der Waals surface area contributed by atoms with Gasteiger partial charge in [0.25, 0.3) is 0 Å². The highest BCUT2D eigenvalue weighted by molar-refractivity contribution is 5.09. The molecule has 0 atom stereocenters. The third kappa shape index (κ3) is 5.26. The number of allylic oxidation sites excluding steroid dienone is 2. The van der Waals surface area contributed by atoms with Gasteiger partial charge in [0, 0.05) is 0 Å². The third-order valence-corrected chi connectivity index (χ3v) is 3.16. The van der Waals surface area contributed by atoms with Crippen molar-refractivity contribution >= 4 is 0 Å². The van der Waals surface area contributed by atoms with Gasteiger partial charge in [-0.25, -0.2) is 0 Å². The van der Waals surface area contributed by atoms with E-state index < -0.39 is 0 Å². The van der Waals surface area contributed by atoms with Gasteiger partial charge in [-0.15, -0.1) is 0 Å². The fourth-order valence-electron chi connectivity index (χ4n) is 2.02. The maximum Gasteiger partial charge on any atom is -0.0286 e. The number of hydrogen-bond donors (Lipinski definition) is 0. The highest BCUT2D eigenvalue weighted by atomic mass is 14.1. The first-order valence-electron chi connectivity index (χ1n) is 6.12. The van der Waals surface area contributed by atoms with E-state index in [4.69, 9.17) is 0 Å². The average Bonchev–Trinajstić information content (AvgIpc) is 2.26. The quantitative estimate of drug-likeness (QED) is 0.473. The highest BCUT2D eigenvalue weighted by Crippen LogP contribution is 2.24. The van der Waals surface area contributed by atoms with Crippen molar-refractivity contribution in [2.24, 2.45) is 0 Å². The molecule has 0 aromatic rings. The third-order valence-electron chi connectivity index (χ3n) is 3.16. The van der Waals surface area contributed by atoms with Crippen molar-refractivity contribution in [3.05, 3.63) is 24.3 Å². The number of rotatable bonds is 0. The molecule has 0 aromatic carbocycles. The summed E-state index contributed by atoms with van der Waals surface area (Å²) < 4.78 is 0. The minimum atomic E-state index is 1.18. The Bertz CT molecular complexity index is 145. The lowest BCUT2D eigenvalue weighted by Gasteiger charge is -2.13. The lowest BCUT2D eigenvalue weighted by molar-refractivity contribution is 0.504. The second-order valence-corrected chi connectivity index (χ2v) is 4.62. The maximum absolute atomic E-state index is 3.91. The molecule has 2 saturated carbocycles. The van der Waals surface area contributed by atoms with Crippen LogP contribution in [0.25, 0.3) is 0 Å². The minimum absolute atomic E-state index is 1.18. The van der Waals surface area contributed by atoms with Crippen LogP contribution in [0.4, 0.5) is 0 Å². The fraction of sp³-hybridized carbons (Fsp3) is 0.714. The molecule has 2 fully saturated rings. The Morgan fingerprint density at radius 1 is 0.500 bits per heavy atom. The normalized spacial score (nSPS) is 22.6. The molecule has 0 unspecified atom stereocenters. The van der Waals surface area contributed by atoms with E-state index in [1.165, 1.54) is 75.4 Å². The molecule has 0 heterocycles. The van der Waals surface area contributed by atoms with E-state index in [0.717, 1.165) is 0 Å². The van der Waals surface area contributed by atoms with Crippen LogP contribution in [0.3, 0.4) is 0 Å². The van der Waals surface area contributed by atoms with Crippen molar-refractivity contribution in [1.29, 1.82) is 0 Å². The molecular formula is C14H24. The average molecular weight is 192 g/mol. The molecule has 0 aromatic heterocycles. The molecule has 0 amide bonds. The van der Waals surface area contributed by atoms with Gasteiger partial charge in [-0.2, -0.15) is 0 Å². The van der Waals surface area contributed by atoms with E-state index >= 15 is 0 Å². The standard InChI is InChI=1S/C8H12.C6H12/c1-7-3-5-8(2)6-4-7;1-2-4-6-5-3-1/h1-6H2;1-6H2. The molecule has 2 aliphatic rings. The topological polar surface area (TPSA) is 0 Å². The lowest BCUT2D eigenvalue weighted by Crippen LogP contribution is -1.93. The molecule has 80 valence electrons. The van der Waals surface area contributed by atoms with Crippen molar-refractivity contribution in [2.45, 2.75) is 64.2 Å². The Hall–Kier alpha value is -0.520. The van der Waals surface area contributed by atoms with E-state index in [9.17, 15) is 0 Å². The van der Waals surface area contributed by atoms with Gasteiger partial charge in [-0.05, 0) is 25.7 Å². The molecule has 0 saturated heterocycles. The van der Waals surface area contributed by atoms with Crippen LogP contribution in [0.2, 0.25) is 0 Å². The monoisotopic (exact) mass is 192 g/mol. The molecule has 2 aliphatic carbocycles. The Morgan fingerprint density at radius 3 is 0.929 bits per heavy atom. The highest BCUT2D eigenvalue weighted by Gasteiger charge is 2.04. The van der Waals surface area contributed by atoms with Crippen molar-refractivity contribution in [3.8, 4) is 0 Å². The summed E-state index contributed by atoms with van der Waals surface area (Å²) in [7, 11) is 0. The van der Waals surface area contributed by atoms with Crippen molar-refractivity contribution in [3.63, 3.8) is 0 Å². The molecular weight excluding hydrogens is 168 g/mol. The van der Waals surface area contributed by atoms with Crippen LogP contribution in [0.5, 0.6) is 0 Å². The summed E-state index contributed by atoms with van der Waals surface area (Å²) in [5.74, 6) is 0. The largest absolute Gasteiger partial charge is 0.0998 e. The van der Waals surface area contributed by atoms with E-state index in [2.05, 4.69) is 13.2 Å². The summed E-state index contributed by atoms with van der Waals surface area (Å²) in [6, 6.07) is 0. The van der Waals surface area contributed by atoms with Crippen molar-refractivity contribution in [2.75, 3.05) is 0 Å². The first kappa shape index (κ1) is 11.6. The minimum Gasteiger partial charge on any atom is -0.0998 e. The van der Waals surface area contributed by atoms with Gasteiger partial charge < -0.3 is 0 Å². The Kier molecular flexibility index (Phi) is 5.66. The smallest absolute Gasteiger partial charge is 0.0286 e. The van der Waals surface area contributed by atoms with Crippen LogP contribution < -0.4 is 0 Å². The Balaban J connectivity index is 0.000000146. The molecule has 0 N–H and O–H groups in total. The van der Waals surface area contributed by atoms with Crippen LogP contribution in [0.1, 0.15) is 64.2 Å². The molecule has 0 radical (unpaired) electrons. The van der Waals surface area contributed by atoms with E-state index in [1.54, 1.807) is 0 Å². The predicted molar refractivity (Wildman–Crippen MR) is 64.5 cm³/mol. The van der Waals surface area contributed by atoms with Crippen LogP contribution >= 0.6 is 0 Å². The summed E-state index contributed by atoms with van der Waals surface area (Å²) in [5, 5.41) is 0. The molecule has 0 aliphatic heterocycles. The fourth-order valence-corrected chi connectivity index (χ4v) is 2.02. The van der Waals surface area contributed by atoms with Crippen LogP contribution in [-0.2, 0) is 0 Å². The van der Waals surface area contributed by atoms with Gasteiger partial charge in [-0.3, -0.25) is 0 Å². The van der Waals surface area contributed by atoms with Gasteiger partial charge in [0.05, 0.1) is 0 Å². The predicted octanol–water partition coefficient (Wildman–Crippen LogP) is 5.01. The first-order chi connectivity index (χ1) is 6.79. The molecule has 2 rings (SSSR count). The van der Waals surface area contributed by atoms with E-state index in [-0.39, 0.29) is 0 Å². The Labute approximate surface area is 89.1 Å². The van der Waals surface area contributed by atoms with Crippen LogP contribution in [-0.4, -0.2) is 0 Å². The summed E-state index contributed by atoms with van der Waals surface area (Å²) in [5.41, 5.74) is 2.80. The van der Waals surface area contributed by atoms with Crippen LogP contribution in [0, 0.1) is 0 Å². The molecule has 14 heavy (non-hydrogen) atoms. The maximum atomic E-state index is 3.91. The van der Waals surface area contributed by atoms with Crippen molar-refractivity contribution in [1.82, 2.24) is 0 Å². The zero-order chi connectivity index (χ0) is 10.2. The molecule has 0 nitrogen and oxygen atoms in total. The summed E-state index contributed by atoms with van der Waals surface area (Å²) in [6.45, 7) is 7.82. The van der Waals surface area contributed by atoms with E-state index in [0.29, 0.717) is 0 Å².